The van der Waals surface area contributed by atoms with Gasteiger partial charge in [-0.25, -0.2) is 13.1 Å². The summed E-state index contributed by atoms with van der Waals surface area (Å²) in [6, 6.07) is 0.638. The fourth-order valence-electron chi connectivity index (χ4n) is 1.28. The van der Waals surface area contributed by atoms with E-state index in [2.05, 4.69) is 30.8 Å². The van der Waals surface area contributed by atoms with Crippen molar-refractivity contribution in [1.29, 1.82) is 0 Å². The van der Waals surface area contributed by atoms with Crippen molar-refractivity contribution < 1.29 is 8.42 Å². The Morgan fingerprint density at radius 3 is 2.31 bits per heavy atom. The molecule has 0 amide bonds. The zero-order chi connectivity index (χ0) is 12.2. The van der Waals surface area contributed by atoms with Gasteiger partial charge in [-0.2, -0.15) is 0 Å². The fourth-order valence-corrected chi connectivity index (χ4v) is 2.72. The van der Waals surface area contributed by atoms with Gasteiger partial charge in [0.25, 0.3) is 0 Å². The van der Waals surface area contributed by atoms with E-state index in [4.69, 9.17) is 0 Å². The van der Waals surface area contributed by atoms with Crippen molar-refractivity contribution in [2.24, 2.45) is 5.41 Å². The molecule has 0 aromatic rings. The van der Waals surface area contributed by atoms with Crippen LogP contribution in [-0.2, 0) is 10.0 Å². The van der Waals surface area contributed by atoms with Crippen molar-refractivity contribution >= 4 is 10.0 Å². The minimum Gasteiger partial charge on any atom is -0.313 e. The molecule has 1 saturated carbocycles. The molecule has 0 saturated heterocycles. The van der Waals surface area contributed by atoms with Crippen molar-refractivity contribution in [3.63, 3.8) is 0 Å². The topological polar surface area (TPSA) is 58.2 Å². The monoisotopic (exact) mass is 248 g/mol. The third-order valence-electron chi connectivity index (χ3n) is 2.58. The molecule has 1 rings (SSSR count). The lowest BCUT2D eigenvalue weighted by Gasteiger charge is -2.17. The number of rotatable bonds is 7. The summed E-state index contributed by atoms with van der Waals surface area (Å²) in [7, 11) is -3.08. The van der Waals surface area contributed by atoms with E-state index < -0.39 is 10.0 Å². The maximum absolute atomic E-state index is 11.6. The molecule has 2 N–H and O–H groups in total. The predicted octanol–water partition coefficient (Wildman–Crippen LogP) is 1.09. The first kappa shape index (κ1) is 13.9. The molecule has 16 heavy (non-hydrogen) atoms. The first-order valence-electron chi connectivity index (χ1n) is 5.99. The summed E-state index contributed by atoms with van der Waals surface area (Å²) in [6.07, 6.45) is 3.16. The van der Waals surface area contributed by atoms with Gasteiger partial charge in [-0.3, -0.25) is 0 Å². The van der Waals surface area contributed by atoms with Crippen molar-refractivity contribution in [2.45, 2.75) is 46.1 Å². The molecule has 4 nitrogen and oxygen atoms in total. The molecule has 1 aliphatic rings. The molecule has 0 atom stereocenters. The van der Waals surface area contributed by atoms with Crippen LogP contribution in [0.15, 0.2) is 0 Å². The second-order valence-corrected chi connectivity index (χ2v) is 7.68. The third kappa shape index (κ3) is 7.19. The van der Waals surface area contributed by atoms with Gasteiger partial charge in [-0.15, -0.1) is 0 Å². The third-order valence-corrected chi connectivity index (χ3v) is 3.96. The molecule has 0 heterocycles. The van der Waals surface area contributed by atoms with Gasteiger partial charge in [-0.1, -0.05) is 20.8 Å². The van der Waals surface area contributed by atoms with Crippen molar-refractivity contribution in [1.82, 2.24) is 10.0 Å². The SMILES string of the molecule is CC(C)(C)CCS(=O)(=O)NCCNC1CC1. The van der Waals surface area contributed by atoms with Crippen LogP contribution in [0.1, 0.15) is 40.0 Å². The number of hydrogen-bond donors (Lipinski definition) is 2. The Bertz CT molecular complexity index is 302. The van der Waals surface area contributed by atoms with Crippen molar-refractivity contribution in [3.05, 3.63) is 0 Å². The highest BCUT2D eigenvalue weighted by Crippen LogP contribution is 2.19. The van der Waals surface area contributed by atoms with Gasteiger partial charge < -0.3 is 5.32 Å². The molecular formula is C11H24N2O2S. The Balaban J connectivity index is 2.12. The quantitative estimate of drug-likeness (QED) is 0.663. The van der Waals surface area contributed by atoms with Crippen LogP contribution in [0.25, 0.3) is 0 Å². The zero-order valence-electron chi connectivity index (χ0n) is 10.5. The van der Waals surface area contributed by atoms with Crippen LogP contribution in [0.4, 0.5) is 0 Å². The van der Waals surface area contributed by atoms with Gasteiger partial charge in [0, 0.05) is 19.1 Å². The smallest absolute Gasteiger partial charge is 0.211 e. The summed E-state index contributed by atoms with van der Waals surface area (Å²) in [5.41, 5.74) is 0.0704. The van der Waals surface area contributed by atoms with Crippen LogP contribution in [0, 0.1) is 5.41 Å². The molecule has 0 unspecified atom stereocenters. The summed E-state index contributed by atoms with van der Waals surface area (Å²) in [5, 5.41) is 3.27. The summed E-state index contributed by atoms with van der Waals surface area (Å²) < 4.78 is 25.8. The molecule has 0 aromatic heterocycles. The van der Waals surface area contributed by atoms with E-state index in [1.165, 1.54) is 12.8 Å². The molecule has 0 aromatic carbocycles. The first-order valence-corrected chi connectivity index (χ1v) is 7.64. The summed E-state index contributed by atoms with van der Waals surface area (Å²) in [6.45, 7) is 7.40. The molecular weight excluding hydrogens is 224 g/mol. The van der Waals surface area contributed by atoms with Crippen molar-refractivity contribution in [2.75, 3.05) is 18.8 Å². The van der Waals surface area contributed by atoms with Gasteiger partial charge in [0.1, 0.15) is 0 Å². The lowest BCUT2D eigenvalue weighted by Crippen LogP contribution is -2.34. The number of hydrogen-bond acceptors (Lipinski definition) is 3. The van der Waals surface area contributed by atoms with Crippen LogP contribution in [0.2, 0.25) is 0 Å². The van der Waals surface area contributed by atoms with Gasteiger partial charge in [0.2, 0.25) is 10.0 Å². The average Bonchev–Trinajstić information content (AvgIpc) is 2.92. The standard InChI is InChI=1S/C11H24N2O2S/c1-11(2,3)6-9-16(14,15)13-8-7-12-10-4-5-10/h10,12-13H,4-9H2,1-3H3. The largest absolute Gasteiger partial charge is 0.313 e. The Labute approximate surface area is 99.2 Å². The first-order chi connectivity index (χ1) is 7.29. The average molecular weight is 248 g/mol. The van der Waals surface area contributed by atoms with Crippen LogP contribution < -0.4 is 10.0 Å². The van der Waals surface area contributed by atoms with E-state index in [1.807, 2.05) is 0 Å². The Morgan fingerprint density at radius 2 is 1.81 bits per heavy atom. The minimum absolute atomic E-state index is 0.0704. The fraction of sp³-hybridized carbons (Fsp3) is 1.00. The molecule has 5 heteroatoms. The minimum atomic E-state index is -3.08. The molecule has 0 radical (unpaired) electrons. The Hall–Kier alpha value is -0.130. The van der Waals surface area contributed by atoms with E-state index in [0.717, 1.165) is 6.54 Å². The van der Waals surface area contributed by atoms with E-state index in [-0.39, 0.29) is 11.2 Å². The maximum Gasteiger partial charge on any atom is 0.211 e. The van der Waals surface area contributed by atoms with Crippen LogP contribution in [0.3, 0.4) is 0 Å². The van der Waals surface area contributed by atoms with Crippen LogP contribution >= 0.6 is 0 Å². The van der Waals surface area contributed by atoms with E-state index in [1.54, 1.807) is 0 Å². The van der Waals surface area contributed by atoms with E-state index >= 15 is 0 Å². The highest BCUT2D eigenvalue weighted by molar-refractivity contribution is 7.89. The van der Waals surface area contributed by atoms with E-state index in [0.29, 0.717) is 19.0 Å². The van der Waals surface area contributed by atoms with Crippen LogP contribution in [-0.4, -0.2) is 33.3 Å². The number of sulfonamides is 1. The normalized spacial score (nSPS) is 17.7. The summed E-state index contributed by atoms with van der Waals surface area (Å²) in [5.74, 6) is 0.222. The van der Waals surface area contributed by atoms with Crippen molar-refractivity contribution in [3.8, 4) is 0 Å². The van der Waals surface area contributed by atoms with Gasteiger partial charge in [0.15, 0.2) is 0 Å². The summed E-state index contributed by atoms with van der Waals surface area (Å²) in [4.78, 5) is 0. The second-order valence-electron chi connectivity index (χ2n) is 5.75. The second kappa shape index (κ2) is 5.47. The highest BCUT2D eigenvalue weighted by Gasteiger charge is 2.20. The highest BCUT2D eigenvalue weighted by atomic mass is 32.2. The molecule has 0 aliphatic heterocycles. The lowest BCUT2D eigenvalue weighted by molar-refractivity contribution is 0.396. The molecule has 1 fully saturated rings. The molecule has 0 spiro atoms. The van der Waals surface area contributed by atoms with Crippen LogP contribution in [0.5, 0.6) is 0 Å². The van der Waals surface area contributed by atoms with E-state index in [9.17, 15) is 8.42 Å². The number of nitrogens with one attached hydrogen (secondary N) is 2. The van der Waals surface area contributed by atoms with Gasteiger partial charge in [0.05, 0.1) is 5.75 Å². The maximum atomic E-state index is 11.6. The Morgan fingerprint density at radius 1 is 1.19 bits per heavy atom. The van der Waals surface area contributed by atoms with Gasteiger partial charge >= 0.3 is 0 Å². The Kier molecular flexibility index (Phi) is 4.76. The predicted molar refractivity (Wildman–Crippen MR) is 66.9 cm³/mol. The molecule has 1 aliphatic carbocycles. The lowest BCUT2D eigenvalue weighted by atomic mass is 9.94. The molecule has 96 valence electrons. The molecule has 0 bridgehead atoms. The zero-order valence-corrected chi connectivity index (χ0v) is 11.4. The van der Waals surface area contributed by atoms with Gasteiger partial charge in [-0.05, 0) is 24.7 Å². The summed E-state index contributed by atoms with van der Waals surface area (Å²) >= 11 is 0.